The van der Waals surface area contributed by atoms with Crippen molar-refractivity contribution < 1.29 is 17.0 Å². The predicted molar refractivity (Wildman–Crippen MR) is 118 cm³/mol. The van der Waals surface area contributed by atoms with Gasteiger partial charge in [-0.3, -0.25) is 6.67 Å². The third-order valence-corrected chi connectivity index (χ3v) is 10.9. The van der Waals surface area contributed by atoms with Gasteiger partial charge in [-0.25, -0.2) is 0 Å². The molecule has 4 rings (SSSR count). The number of benzene rings is 1. The summed E-state index contributed by atoms with van der Waals surface area (Å²) < 4.78 is 2.61. The molecule has 7 heteroatoms. The van der Waals surface area contributed by atoms with Gasteiger partial charge in [0.15, 0.2) is 0 Å². The van der Waals surface area contributed by atoms with Crippen LogP contribution in [0.25, 0.3) is 16.7 Å². The normalized spacial score (nSPS) is 30.0. The van der Waals surface area contributed by atoms with Crippen LogP contribution in [0.1, 0.15) is 30.4 Å². The van der Waals surface area contributed by atoms with E-state index in [1.54, 1.807) is 5.56 Å². The van der Waals surface area contributed by atoms with E-state index in [2.05, 4.69) is 71.6 Å². The predicted octanol–water partition coefficient (Wildman–Crippen LogP) is 6.79. The Kier molecular flexibility index (Phi) is 9.10. The van der Waals surface area contributed by atoms with Gasteiger partial charge in [-0.1, -0.05) is 56.4 Å². The van der Waals surface area contributed by atoms with Crippen molar-refractivity contribution in [2.24, 2.45) is 11.8 Å². The Balaban J connectivity index is 0.000000614. The first-order chi connectivity index (χ1) is 12.5. The maximum atomic E-state index is 4.89. The Morgan fingerprint density at radius 1 is 1.15 bits per heavy atom. The van der Waals surface area contributed by atoms with Gasteiger partial charge in [0.25, 0.3) is 0 Å². The molecule has 0 spiro atoms. The van der Waals surface area contributed by atoms with Crippen LogP contribution >= 0.6 is 18.6 Å². The molecule has 2 fully saturated rings. The van der Waals surface area contributed by atoms with E-state index in [-0.39, 0.29) is 7.43 Å². The summed E-state index contributed by atoms with van der Waals surface area (Å²) in [6.07, 6.45) is 6.22. The first-order valence-electron chi connectivity index (χ1n) is 9.25. The van der Waals surface area contributed by atoms with E-state index < -0.39 is 25.3 Å². The molecule has 27 heavy (non-hydrogen) atoms. The van der Waals surface area contributed by atoms with Gasteiger partial charge in [-0.2, -0.15) is 0 Å². The van der Waals surface area contributed by atoms with Gasteiger partial charge < -0.3 is 22.6 Å². The number of hydrogen-bond acceptors (Lipinski definition) is 1. The summed E-state index contributed by atoms with van der Waals surface area (Å²) in [7, 11) is 8.21. The average molecular weight is 459 g/mol. The van der Waals surface area contributed by atoms with Gasteiger partial charge in [-0.05, 0) is 40.8 Å². The monoisotopic (exact) mass is 458 g/mol. The Morgan fingerprint density at radius 2 is 1.78 bits per heavy atom. The van der Waals surface area contributed by atoms with Gasteiger partial charge >= 0.3 is 35.6 Å². The zero-order chi connectivity index (χ0) is 18.7. The van der Waals surface area contributed by atoms with E-state index in [9.17, 15) is 0 Å². The number of allylic oxidation sites excluding steroid dienone is 1. The van der Waals surface area contributed by atoms with E-state index in [1.807, 2.05) is 0 Å². The fourth-order valence-corrected chi connectivity index (χ4v) is 9.49. The van der Waals surface area contributed by atoms with Gasteiger partial charge in [0.05, 0.1) is 0 Å². The molecule has 1 heterocycles. The van der Waals surface area contributed by atoms with Crippen molar-refractivity contribution in [1.29, 1.82) is 0 Å². The second-order valence-corrected chi connectivity index (χ2v) is 15.2. The molecule has 1 saturated carbocycles. The third kappa shape index (κ3) is 4.92. The van der Waals surface area contributed by atoms with Crippen LogP contribution in [0.2, 0.25) is 18.6 Å². The molecule has 4 unspecified atom stereocenters. The SMILES string of the molecule is CC1CC2c3ccccc3C=CC2C1[Si](C)(C)N1C[N-]C[N-]C1.[CH3-].[Cl][Ti+4][Cl]. The van der Waals surface area contributed by atoms with Crippen LogP contribution in [-0.2, 0) is 17.0 Å². The standard InChI is InChI=1S/C19H27N3Si.CH3.2ClH.Ti/c1-14-10-18-16-7-5-4-6-15(16)8-9-17(18)19(14)23(2,3)22-12-20-11-21-13-22;;;;/h4-9,14,17-19H,10-13H2,1-3H3;1H3;2*1H;/q-2;-1;;;+6/p-2. The third-order valence-electron chi connectivity index (χ3n) is 6.38. The number of hydrogen-bond donors (Lipinski definition) is 0. The molecule has 1 aromatic rings. The maximum absolute atomic E-state index is 4.89. The molecule has 0 amide bonds. The molecule has 1 saturated heterocycles. The van der Waals surface area contributed by atoms with Crippen LogP contribution in [0.15, 0.2) is 30.3 Å². The Hall–Kier alpha value is 0.351. The summed E-state index contributed by atoms with van der Waals surface area (Å²) in [5.74, 6) is 2.19. The Morgan fingerprint density at radius 3 is 2.44 bits per heavy atom. The van der Waals surface area contributed by atoms with Gasteiger partial charge in [0.1, 0.15) is 8.24 Å². The van der Waals surface area contributed by atoms with Crippen molar-refractivity contribution in [3.63, 3.8) is 0 Å². The average Bonchev–Trinajstić information content (AvgIpc) is 3.00. The number of halogens is 2. The summed E-state index contributed by atoms with van der Waals surface area (Å²) in [4.78, 5) is 0. The van der Waals surface area contributed by atoms with Crippen molar-refractivity contribution in [1.82, 2.24) is 4.57 Å². The molecule has 0 N–H and O–H groups in total. The molecular formula is C20H30Cl2N3SiTi+. The van der Waals surface area contributed by atoms with Crippen molar-refractivity contribution >= 4 is 32.9 Å². The summed E-state index contributed by atoms with van der Waals surface area (Å²) in [5, 5.41) is 9.07. The van der Waals surface area contributed by atoms with E-state index in [0.717, 1.165) is 24.8 Å². The molecule has 4 atom stereocenters. The molecular weight excluding hydrogens is 429 g/mol. The zero-order valence-corrected chi connectivity index (χ0v) is 20.8. The van der Waals surface area contributed by atoms with Crippen LogP contribution in [0.4, 0.5) is 0 Å². The fourth-order valence-electron chi connectivity index (χ4n) is 5.33. The molecule has 1 aromatic carbocycles. The van der Waals surface area contributed by atoms with Crippen LogP contribution < -0.4 is 0 Å². The summed E-state index contributed by atoms with van der Waals surface area (Å²) in [6.45, 7) is 10.0. The van der Waals surface area contributed by atoms with Crippen molar-refractivity contribution in [2.45, 2.75) is 37.9 Å². The van der Waals surface area contributed by atoms with Crippen molar-refractivity contribution in [3.05, 3.63) is 59.5 Å². The van der Waals surface area contributed by atoms with Crippen molar-refractivity contribution in [3.8, 4) is 0 Å². The second kappa shape index (κ2) is 10.4. The van der Waals surface area contributed by atoms with Gasteiger partial charge in [-0.15, -0.1) is 13.3 Å². The zero-order valence-electron chi connectivity index (χ0n) is 16.7. The van der Waals surface area contributed by atoms with Crippen LogP contribution in [0.5, 0.6) is 0 Å². The minimum absolute atomic E-state index is 0. The first-order valence-corrected chi connectivity index (χ1v) is 16.6. The minimum atomic E-state index is -1.57. The molecule has 2 aliphatic carbocycles. The van der Waals surface area contributed by atoms with E-state index in [4.69, 9.17) is 18.6 Å². The van der Waals surface area contributed by atoms with Gasteiger partial charge in [0, 0.05) is 0 Å². The van der Waals surface area contributed by atoms with E-state index in [1.165, 1.54) is 12.0 Å². The quantitative estimate of drug-likeness (QED) is 0.354. The summed E-state index contributed by atoms with van der Waals surface area (Å²) in [6, 6.07) is 8.99. The number of rotatable bonds is 2. The second-order valence-electron chi connectivity index (χ2n) is 8.05. The Labute approximate surface area is 183 Å². The van der Waals surface area contributed by atoms with Crippen molar-refractivity contribution in [2.75, 3.05) is 20.0 Å². The van der Waals surface area contributed by atoms with Gasteiger partial charge in [0.2, 0.25) is 0 Å². The topological polar surface area (TPSA) is 31.4 Å². The summed E-state index contributed by atoms with van der Waals surface area (Å²) in [5.41, 5.74) is 3.80. The molecule has 3 nitrogen and oxygen atoms in total. The first kappa shape index (κ1) is 23.6. The molecule has 1 aliphatic heterocycles. The van der Waals surface area contributed by atoms with E-state index >= 15 is 0 Å². The Bertz CT molecular complexity index is 637. The number of nitrogens with zero attached hydrogens (tertiary/aromatic N) is 3. The summed E-state index contributed by atoms with van der Waals surface area (Å²) >= 11 is -0.556. The molecule has 146 valence electrons. The van der Waals surface area contributed by atoms with Crippen LogP contribution in [0, 0.1) is 19.3 Å². The van der Waals surface area contributed by atoms with Crippen LogP contribution in [-0.4, -0.2) is 32.8 Å². The molecule has 0 bridgehead atoms. The fraction of sp³-hybridized carbons (Fsp3) is 0.550. The molecule has 0 aromatic heterocycles. The van der Waals surface area contributed by atoms with Crippen LogP contribution in [0.3, 0.4) is 0 Å². The molecule has 0 radical (unpaired) electrons. The number of fused-ring (bicyclic) bond motifs is 3. The van der Waals surface area contributed by atoms with E-state index in [0.29, 0.717) is 18.5 Å². The molecule has 3 aliphatic rings.